The van der Waals surface area contributed by atoms with Gasteiger partial charge in [0.05, 0.1) is 13.0 Å². The Morgan fingerprint density at radius 2 is 2.00 bits per heavy atom. The Bertz CT molecular complexity index is 172. The van der Waals surface area contributed by atoms with Crippen molar-refractivity contribution in [2.24, 2.45) is 17.4 Å². The number of rotatable bonds is 1. The fraction of sp³-hybridized carbons (Fsp3) is 0.875. The second-order valence-electron chi connectivity index (χ2n) is 3.36. The summed E-state index contributed by atoms with van der Waals surface area (Å²) in [7, 11) is 1.41. The number of carbonyl (C=O) groups is 1. The summed E-state index contributed by atoms with van der Waals surface area (Å²) in [6, 6.07) is -0.00578. The van der Waals surface area contributed by atoms with Crippen molar-refractivity contribution >= 4 is 5.97 Å². The molecule has 0 spiro atoms. The predicted molar refractivity (Wildman–Crippen MR) is 45.3 cm³/mol. The van der Waals surface area contributed by atoms with Crippen molar-refractivity contribution in [3.63, 3.8) is 0 Å². The molecular weight excluding hydrogens is 156 g/mol. The van der Waals surface area contributed by atoms with Crippen LogP contribution >= 0.6 is 0 Å². The molecule has 0 heterocycles. The number of hydrogen-bond acceptors (Lipinski definition) is 4. The van der Waals surface area contributed by atoms with Crippen molar-refractivity contribution in [2.75, 3.05) is 7.11 Å². The number of esters is 1. The summed E-state index contributed by atoms with van der Waals surface area (Å²) in [5.41, 5.74) is 11.4. The molecule has 0 aromatic rings. The minimum absolute atomic E-state index is 0.0372. The Morgan fingerprint density at radius 1 is 1.33 bits per heavy atom. The third-order valence-corrected chi connectivity index (χ3v) is 2.49. The molecule has 4 N–H and O–H groups in total. The third-order valence-electron chi connectivity index (χ3n) is 2.49. The van der Waals surface area contributed by atoms with Crippen LogP contribution in [0.3, 0.4) is 0 Å². The van der Waals surface area contributed by atoms with Gasteiger partial charge in [-0.15, -0.1) is 0 Å². The zero-order valence-corrected chi connectivity index (χ0v) is 7.32. The van der Waals surface area contributed by atoms with Gasteiger partial charge in [0.25, 0.3) is 0 Å². The lowest BCUT2D eigenvalue weighted by atomic mass is 9.83. The fourth-order valence-corrected chi connectivity index (χ4v) is 1.61. The van der Waals surface area contributed by atoms with Gasteiger partial charge in [0.1, 0.15) is 0 Å². The van der Waals surface area contributed by atoms with Gasteiger partial charge in [0, 0.05) is 12.1 Å². The van der Waals surface area contributed by atoms with E-state index >= 15 is 0 Å². The zero-order valence-electron chi connectivity index (χ0n) is 7.32. The molecule has 0 saturated heterocycles. The van der Waals surface area contributed by atoms with E-state index in [9.17, 15) is 4.79 Å². The Morgan fingerprint density at radius 3 is 2.50 bits per heavy atom. The molecule has 1 saturated carbocycles. The summed E-state index contributed by atoms with van der Waals surface area (Å²) in [4.78, 5) is 11.1. The lowest BCUT2D eigenvalue weighted by Gasteiger charge is -2.29. The molecular formula is C8H16N2O2. The second kappa shape index (κ2) is 3.87. The smallest absolute Gasteiger partial charge is 0.308 e. The SMILES string of the molecule is COC(=O)C1CCC(N)C(N)C1. The first-order chi connectivity index (χ1) is 5.65. The topological polar surface area (TPSA) is 78.3 Å². The van der Waals surface area contributed by atoms with Crippen LogP contribution in [0.4, 0.5) is 0 Å². The molecule has 12 heavy (non-hydrogen) atoms. The summed E-state index contributed by atoms with van der Waals surface area (Å²) < 4.78 is 4.64. The van der Waals surface area contributed by atoms with Gasteiger partial charge >= 0.3 is 5.97 Å². The Hall–Kier alpha value is -0.610. The van der Waals surface area contributed by atoms with Crippen LogP contribution in [0, 0.1) is 5.92 Å². The van der Waals surface area contributed by atoms with Crippen LogP contribution < -0.4 is 11.5 Å². The molecule has 0 bridgehead atoms. The summed E-state index contributed by atoms with van der Waals surface area (Å²) in [6.07, 6.45) is 2.29. The predicted octanol–water partition coefficient (Wildman–Crippen LogP) is -0.386. The Kier molecular flexibility index (Phi) is 3.05. The van der Waals surface area contributed by atoms with Crippen molar-refractivity contribution in [2.45, 2.75) is 31.3 Å². The summed E-state index contributed by atoms with van der Waals surface area (Å²) in [6.45, 7) is 0. The van der Waals surface area contributed by atoms with Crippen molar-refractivity contribution in [1.82, 2.24) is 0 Å². The van der Waals surface area contributed by atoms with Crippen LogP contribution in [0.2, 0.25) is 0 Å². The minimum Gasteiger partial charge on any atom is -0.469 e. The lowest BCUT2D eigenvalue weighted by molar-refractivity contribution is -0.146. The first-order valence-electron chi connectivity index (χ1n) is 4.24. The van der Waals surface area contributed by atoms with Gasteiger partial charge < -0.3 is 16.2 Å². The van der Waals surface area contributed by atoms with Crippen LogP contribution in [-0.2, 0) is 9.53 Å². The molecule has 0 amide bonds. The summed E-state index contributed by atoms with van der Waals surface area (Å²) in [5.74, 6) is -0.192. The van der Waals surface area contributed by atoms with Gasteiger partial charge in [-0.3, -0.25) is 4.79 Å². The molecule has 3 atom stereocenters. The van der Waals surface area contributed by atoms with E-state index in [-0.39, 0.29) is 24.0 Å². The van der Waals surface area contributed by atoms with E-state index in [2.05, 4.69) is 4.74 Å². The standard InChI is InChI=1S/C8H16N2O2/c1-12-8(11)5-2-3-6(9)7(10)4-5/h5-7H,2-4,9-10H2,1H3. The van der Waals surface area contributed by atoms with Crippen LogP contribution in [0.5, 0.6) is 0 Å². The zero-order chi connectivity index (χ0) is 9.14. The molecule has 4 nitrogen and oxygen atoms in total. The molecule has 0 radical (unpaired) electrons. The maximum absolute atomic E-state index is 11.1. The van der Waals surface area contributed by atoms with E-state index in [0.29, 0.717) is 6.42 Å². The number of carbonyl (C=O) groups excluding carboxylic acids is 1. The van der Waals surface area contributed by atoms with Gasteiger partial charge in [-0.1, -0.05) is 0 Å². The van der Waals surface area contributed by atoms with Gasteiger partial charge in [-0.2, -0.15) is 0 Å². The first-order valence-corrected chi connectivity index (χ1v) is 4.24. The van der Waals surface area contributed by atoms with E-state index in [4.69, 9.17) is 11.5 Å². The Balaban J connectivity index is 2.45. The van der Waals surface area contributed by atoms with Gasteiger partial charge in [0.2, 0.25) is 0 Å². The fourth-order valence-electron chi connectivity index (χ4n) is 1.61. The highest BCUT2D eigenvalue weighted by Crippen LogP contribution is 2.23. The van der Waals surface area contributed by atoms with Crippen molar-refractivity contribution in [3.8, 4) is 0 Å². The molecule has 4 heteroatoms. The Labute approximate surface area is 72.2 Å². The average molecular weight is 172 g/mol. The van der Waals surface area contributed by atoms with E-state index in [1.807, 2.05) is 0 Å². The maximum Gasteiger partial charge on any atom is 0.308 e. The van der Waals surface area contributed by atoms with E-state index in [1.54, 1.807) is 0 Å². The van der Waals surface area contributed by atoms with Crippen LogP contribution in [0.1, 0.15) is 19.3 Å². The number of methoxy groups -OCH3 is 1. The molecule has 0 aromatic heterocycles. The number of hydrogen-bond donors (Lipinski definition) is 2. The monoisotopic (exact) mass is 172 g/mol. The largest absolute Gasteiger partial charge is 0.469 e. The highest BCUT2D eigenvalue weighted by Gasteiger charge is 2.30. The third kappa shape index (κ3) is 1.95. The normalized spacial score (nSPS) is 36.1. The van der Waals surface area contributed by atoms with E-state index in [1.165, 1.54) is 7.11 Å². The van der Waals surface area contributed by atoms with Crippen molar-refractivity contribution < 1.29 is 9.53 Å². The molecule has 1 fully saturated rings. The average Bonchev–Trinajstić information content (AvgIpc) is 2.08. The molecule has 70 valence electrons. The molecule has 1 rings (SSSR count). The van der Waals surface area contributed by atoms with E-state index in [0.717, 1.165) is 12.8 Å². The van der Waals surface area contributed by atoms with Crippen molar-refractivity contribution in [3.05, 3.63) is 0 Å². The molecule has 1 aliphatic rings. The van der Waals surface area contributed by atoms with Gasteiger partial charge in [0.15, 0.2) is 0 Å². The van der Waals surface area contributed by atoms with Crippen LogP contribution in [-0.4, -0.2) is 25.2 Å². The van der Waals surface area contributed by atoms with Crippen LogP contribution in [0.25, 0.3) is 0 Å². The molecule has 3 unspecified atom stereocenters. The maximum atomic E-state index is 11.1. The van der Waals surface area contributed by atoms with E-state index < -0.39 is 0 Å². The molecule has 0 aromatic carbocycles. The highest BCUT2D eigenvalue weighted by atomic mass is 16.5. The summed E-state index contributed by atoms with van der Waals surface area (Å²) >= 11 is 0. The minimum atomic E-state index is -0.155. The van der Waals surface area contributed by atoms with Crippen LogP contribution in [0.15, 0.2) is 0 Å². The molecule has 1 aliphatic carbocycles. The highest BCUT2D eigenvalue weighted by molar-refractivity contribution is 5.72. The summed E-state index contributed by atoms with van der Waals surface area (Å²) in [5, 5.41) is 0. The van der Waals surface area contributed by atoms with Gasteiger partial charge in [-0.25, -0.2) is 0 Å². The second-order valence-corrected chi connectivity index (χ2v) is 3.36. The van der Waals surface area contributed by atoms with Crippen molar-refractivity contribution in [1.29, 1.82) is 0 Å². The number of ether oxygens (including phenoxy) is 1. The quantitative estimate of drug-likeness (QED) is 0.528. The number of nitrogens with two attached hydrogens (primary N) is 2. The first kappa shape index (κ1) is 9.48. The van der Waals surface area contributed by atoms with Gasteiger partial charge in [-0.05, 0) is 19.3 Å². The molecule has 0 aliphatic heterocycles. The lowest BCUT2D eigenvalue weighted by Crippen LogP contribution is -2.47.